The van der Waals surface area contributed by atoms with Gasteiger partial charge in [0.1, 0.15) is 13.2 Å². The molecule has 0 aromatic heterocycles. The van der Waals surface area contributed by atoms with E-state index >= 15 is 0 Å². The van der Waals surface area contributed by atoms with Crippen molar-refractivity contribution >= 4 is 17.5 Å². The molecule has 0 aliphatic heterocycles. The van der Waals surface area contributed by atoms with Gasteiger partial charge in [-0.3, -0.25) is 4.79 Å². The maximum atomic E-state index is 11.7. The second-order valence-corrected chi connectivity index (χ2v) is 4.05. The Morgan fingerprint density at radius 3 is 2.53 bits per heavy atom. The van der Waals surface area contributed by atoms with Gasteiger partial charge in [0.2, 0.25) is 5.91 Å². The van der Waals surface area contributed by atoms with Gasteiger partial charge in [0, 0.05) is 20.7 Å². The lowest BCUT2D eigenvalue weighted by Crippen LogP contribution is -2.37. The molecule has 0 aromatic carbocycles. The zero-order chi connectivity index (χ0) is 13.5. The average molecular weight is 278 g/mol. The maximum Gasteiger partial charge on any atom is 0.411 e. The van der Waals surface area contributed by atoms with Crippen LogP contribution < -0.4 is 0 Å². The monoisotopic (exact) mass is 277 g/mol. The van der Waals surface area contributed by atoms with Crippen LogP contribution in [0.1, 0.15) is 0 Å². The van der Waals surface area contributed by atoms with Crippen LogP contribution in [-0.4, -0.2) is 62.9 Å². The minimum atomic E-state index is -4.43. The van der Waals surface area contributed by atoms with E-state index in [0.717, 1.165) is 0 Å². The summed E-state index contributed by atoms with van der Waals surface area (Å²) >= 11 is 5.79. The standard InChI is InChI=1S/C9H15ClF3NO3/c1-14(3-7(10)4-16-2)8(15)5-17-6-9(11,12)13/h7H,3-6H2,1-2H3. The van der Waals surface area contributed by atoms with Gasteiger partial charge >= 0.3 is 6.18 Å². The molecule has 0 saturated heterocycles. The molecule has 0 bridgehead atoms. The number of methoxy groups -OCH3 is 1. The van der Waals surface area contributed by atoms with Gasteiger partial charge in [-0.25, -0.2) is 0 Å². The van der Waals surface area contributed by atoms with Crippen molar-refractivity contribution < 1.29 is 27.4 Å². The van der Waals surface area contributed by atoms with Gasteiger partial charge in [-0.2, -0.15) is 13.2 Å². The molecule has 0 saturated carbocycles. The third kappa shape index (κ3) is 9.20. The van der Waals surface area contributed by atoms with E-state index in [1.807, 2.05) is 0 Å². The van der Waals surface area contributed by atoms with Gasteiger partial charge in [-0.05, 0) is 0 Å². The summed E-state index contributed by atoms with van der Waals surface area (Å²) in [5, 5.41) is -0.406. The summed E-state index contributed by atoms with van der Waals surface area (Å²) in [5.74, 6) is -0.559. The molecular formula is C9H15ClF3NO3. The third-order valence-corrected chi connectivity index (χ3v) is 2.00. The van der Waals surface area contributed by atoms with Crippen LogP contribution in [0.4, 0.5) is 13.2 Å². The second-order valence-electron chi connectivity index (χ2n) is 3.43. The van der Waals surface area contributed by atoms with Crippen LogP contribution in [0, 0.1) is 0 Å². The SMILES string of the molecule is COCC(Cl)CN(C)C(=O)COCC(F)(F)F. The number of carbonyl (C=O) groups is 1. The number of carbonyl (C=O) groups excluding carboxylic acids is 1. The predicted molar refractivity (Wildman–Crippen MR) is 56.0 cm³/mol. The smallest absolute Gasteiger partial charge is 0.383 e. The van der Waals surface area contributed by atoms with E-state index in [9.17, 15) is 18.0 Å². The molecule has 17 heavy (non-hydrogen) atoms. The first-order valence-electron chi connectivity index (χ1n) is 4.77. The van der Waals surface area contributed by atoms with Gasteiger partial charge in [-0.1, -0.05) is 0 Å². The molecule has 0 aromatic rings. The molecule has 0 fully saturated rings. The average Bonchev–Trinajstić information content (AvgIpc) is 2.15. The first-order chi connectivity index (χ1) is 7.76. The van der Waals surface area contributed by atoms with Gasteiger partial charge in [0.05, 0.1) is 12.0 Å². The Morgan fingerprint density at radius 1 is 1.47 bits per heavy atom. The van der Waals surface area contributed by atoms with Crippen molar-refractivity contribution in [2.75, 3.05) is 40.5 Å². The van der Waals surface area contributed by atoms with Crippen LogP contribution in [0.15, 0.2) is 0 Å². The molecule has 0 aliphatic carbocycles. The lowest BCUT2D eigenvalue weighted by Gasteiger charge is -2.20. The molecule has 0 radical (unpaired) electrons. The van der Waals surface area contributed by atoms with Gasteiger partial charge in [-0.15, -0.1) is 11.6 Å². The molecule has 102 valence electrons. The van der Waals surface area contributed by atoms with Crippen molar-refractivity contribution in [3.63, 3.8) is 0 Å². The van der Waals surface area contributed by atoms with E-state index in [4.69, 9.17) is 16.3 Å². The molecular weight excluding hydrogens is 263 g/mol. The number of amides is 1. The highest BCUT2D eigenvalue weighted by Crippen LogP contribution is 2.14. The highest BCUT2D eigenvalue weighted by Gasteiger charge is 2.28. The zero-order valence-electron chi connectivity index (χ0n) is 9.59. The Labute approximate surface area is 103 Å². The van der Waals surface area contributed by atoms with E-state index in [0.29, 0.717) is 0 Å². The Balaban J connectivity index is 3.82. The molecule has 0 aliphatic rings. The number of halogens is 4. The van der Waals surface area contributed by atoms with Crippen molar-refractivity contribution in [1.82, 2.24) is 4.90 Å². The van der Waals surface area contributed by atoms with Crippen LogP contribution in [0.5, 0.6) is 0 Å². The largest absolute Gasteiger partial charge is 0.411 e. The maximum absolute atomic E-state index is 11.7. The van der Waals surface area contributed by atoms with Crippen LogP contribution in [-0.2, 0) is 14.3 Å². The second kappa shape index (κ2) is 7.73. The first-order valence-corrected chi connectivity index (χ1v) is 5.21. The van der Waals surface area contributed by atoms with Crippen molar-refractivity contribution in [2.24, 2.45) is 0 Å². The minimum Gasteiger partial charge on any atom is -0.383 e. The van der Waals surface area contributed by atoms with Crippen LogP contribution in [0.25, 0.3) is 0 Å². The van der Waals surface area contributed by atoms with Gasteiger partial charge < -0.3 is 14.4 Å². The predicted octanol–water partition coefficient (Wildman–Crippen LogP) is 1.28. The van der Waals surface area contributed by atoms with E-state index in [2.05, 4.69) is 4.74 Å². The number of hydrogen-bond donors (Lipinski definition) is 0. The van der Waals surface area contributed by atoms with Gasteiger partial charge in [0.15, 0.2) is 0 Å². The molecule has 4 nitrogen and oxygen atoms in total. The number of rotatable bonds is 7. The molecule has 0 N–H and O–H groups in total. The number of likely N-dealkylation sites (N-methyl/N-ethyl adjacent to an activating group) is 1. The van der Waals surface area contributed by atoms with Crippen molar-refractivity contribution in [3.05, 3.63) is 0 Å². The Morgan fingerprint density at radius 2 is 2.06 bits per heavy atom. The lowest BCUT2D eigenvalue weighted by atomic mass is 10.4. The minimum absolute atomic E-state index is 0.184. The van der Waals surface area contributed by atoms with Crippen molar-refractivity contribution in [2.45, 2.75) is 11.6 Å². The Hall–Kier alpha value is -0.530. The fourth-order valence-electron chi connectivity index (χ4n) is 0.997. The summed E-state index contributed by atoms with van der Waals surface area (Å²) in [7, 11) is 2.90. The number of hydrogen-bond acceptors (Lipinski definition) is 3. The van der Waals surface area contributed by atoms with Crippen LogP contribution >= 0.6 is 11.6 Å². The topological polar surface area (TPSA) is 38.8 Å². The summed E-state index contributed by atoms with van der Waals surface area (Å²) in [6.07, 6.45) is -4.43. The highest BCUT2D eigenvalue weighted by atomic mass is 35.5. The fraction of sp³-hybridized carbons (Fsp3) is 0.889. The van der Waals surface area contributed by atoms with Crippen molar-refractivity contribution in [1.29, 1.82) is 0 Å². The van der Waals surface area contributed by atoms with Crippen LogP contribution in [0.3, 0.4) is 0 Å². The fourth-order valence-corrected chi connectivity index (χ4v) is 1.33. The van der Waals surface area contributed by atoms with Crippen LogP contribution in [0.2, 0.25) is 0 Å². The molecule has 1 atom stereocenters. The lowest BCUT2D eigenvalue weighted by molar-refractivity contribution is -0.177. The molecule has 1 amide bonds. The summed E-state index contributed by atoms with van der Waals surface area (Å²) in [5.41, 5.74) is 0. The normalized spacial score (nSPS) is 13.5. The Kier molecular flexibility index (Phi) is 7.49. The van der Waals surface area contributed by atoms with Crippen molar-refractivity contribution in [3.8, 4) is 0 Å². The van der Waals surface area contributed by atoms with E-state index in [-0.39, 0.29) is 13.2 Å². The third-order valence-electron chi connectivity index (χ3n) is 1.74. The molecule has 0 spiro atoms. The summed E-state index contributed by atoms with van der Waals surface area (Å²) < 4.78 is 44.2. The molecule has 0 rings (SSSR count). The summed E-state index contributed by atoms with van der Waals surface area (Å²) in [4.78, 5) is 12.5. The molecule has 1 unspecified atom stereocenters. The number of nitrogens with zero attached hydrogens (tertiary/aromatic N) is 1. The van der Waals surface area contributed by atoms with Gasteiger partial charge in [0.25, 0.3) is 0 Å². The zero-order valence-corrected chi connectivity index (χ0v) is 10.3. The van der Waals surface area contributed by atoms with E-state index in [1.165, 1.54) is 19.1 Å². The number of ether oxygens (including phenoxy) is 2. The molecule has 8 heteroatoms. The summed E-state index contributed by atoms with van der Waals surface area (Å²) in [6, 6.07) is 0. The molecule has 0 heterocycles. The highest BCUT2D eigenvalue weighted by molar-refractivity contribution is 6.21. The number of alkyl halides is 4. The van der Waals surface area contributed by atoms with E-state index in [1.54, 1.807) is 0 Å². The quantitative estimate of drug-likeness (QED) is 0.658. The first kappa shape index (κ1) is 16.5. The van der Waals surface area contributed by atoms with E-state index < -0.39 is 30.7 Å². The summed E-state index contributed by atoms with van der Waals surface area (Å²) in [6.45, 7) is -1.62. The Bertz CT molecular complexity index is 238.